The number of carboxylic acids is 1. The average Bonchev–Trinajstić information content (AvgIpc) is 3.45. The van der Waals surface area contributed by atoms with E-state index in [0.29, 0.717) is 25.8 Å². The molecular formula is C27H30N2O5. The van der Waals surface area contributed by atoms with Gasteiger partial charge >= 0.3 is 12.1 Å². The first-order chi connectivity index (χ1) is 16.5. The molecule has 1 heterocycles. The summed E-state index contributed by atoms with van der Waals surface area (Å²) < 4.78 is 5.64. The summed E-state index contributed by atoms with van der Waals surface area (Å²) in [7, 11) is 0. The third-order valence-corrected chi connectivity index (χ3v) is 7.53. The van der Waals surface area contributed by atoms with Gasteiger partial charge in [-0.2, -0.15) is 0 Å². The molecule has 1 saturated heterocycles. The van der Waals surface area contributed by atoms with Crippen LogP contribution < -0.4 is 5.32 Å². The molecule has 0 radical (unpaired) electrons. The second kappa shape index (κ2) is 9.49. The number of rotatable bonds is 5. The monoisotopic (exact) mass is 462 g/mol. The molecule has 178 valence electrons. The van der Waals surface area contributed by atoms with E-state index in [4.69, 9.17) is 4.74 Å². The Kier molecular flexibility index (Phi) is 6.26. The first-order valence-electron chi connectivity index (χ1n) is 12.1. The van der Waals surface area contributed by atoms with Crippen LogP contribution in [0.15, 0.2) is 48.5 Å². The number of carbonyl (C=O) groups is 3. The normalized spacial score (nSPS) is 23.8. The van der Waals surface area contributed by atoms with Gasteiger partial charge in [0.05, 0.1) is 5.92 Å². The number of alkyl carbamates (subject to hydrolysis) is 1. The smallest absolute Gasteiger partial charge is 0.407 e. The van der Waals surface area contributed by atoms with Crippen molar-refractivity contribution in [3.05, 3.63) is 59.7 Å². The maximum Gasteiger partial charge on any atom is 0.407 e. The molecule has 34 heavy (non-hydrogen) atoms. The summed E-state index contributed by atoms with van der Waals surface area (Å²) in [5.74, 6) is -1.46. The number of carbonyl (C=O) groups excluding carboxylic acids is 2. The molecule has 1 aliphatic heterocycles. The van der Waals surface area contributed by atoms with Crippen molar-refractivity contribution in [2.75, 3.05) is 19.7 Å². The third-order valence-electron chi connectivity index (χ3n) is 7.53. The zero-order valence-electron chi connectivity index (χ0n) is 19.1. The molecule has 1 saturated carbocycles. The summed E-state index contributed by atoms with van der Waals surface area (Å²) in [5.41, 5.74) is 4.72. The van der Waals surface area contributed by atoms with Crippen molar-refractivity contribution in [3.8, 4) is 11.1 Å². The lowest BCUT2D eigenvalue weighted by Gasteiger charge is -2.32. The Morgan fingerprint density at radius 2 is 1.62 bits per heavy atom. The van der Waals surface area contributed by atoms with Gasteiger partial charge in [-0.15, -0.1) is 0 Å². The summed E-state index contributed by atoms with van der Waals surface area (Å²) in [6, 6.07) is 16.3. The molecule has 7 heteroatoms. The lowest BCUT2D eigenvalue weighted by Crippen LogP contribution is -2.45. The number of ether oxygens (including phenoxy) is 1. The minimum absolute atomic E-state index is 0.0114. The summed E-state index contributed by atoms with van der Waals surface area (Å²) in [6.45, 7) is 1.16. The molecular weight excluding hydrogens is 432 g/mol. The van der Waals surface area contributed by atoms with Crippen LogP contribution in [-0.2, 0) is 14.3 Å². The van der Waals surface area contributed by atoms with Crippen LogP contribution >= 0.6 is 0 Å². The highest BCUT2D eigenvalue weighted by Crippen LogP contribution is 2.44. The van der Waals surface area contributed by atoms with Gasteiger partial charge in [0, 0.05) is 31.0 Å². The van der Waals surface area contributed by atoms with E-state index in [1.54, 1.807) is 4.90 Å². The van der Waals surface area contributed by atoms with Gasteiger partial charge in [0.15, 0.2) is 0 Å². The maximum atomic E-state index is 12.9. The average molecular weight is 463 g/mol. The van der Waals surface area contributed by atoms with Gasteiger partial charge in [-0.1, -0.05) is 48.5 Å². The van der Waals surface area contributed by atoms with Crippen molar-refractivity contribution in [2.24, 2.45) is 11.8 Å². The fourth-order valence-electron chi connectivity index (χ4n) is 5.78. The lowest BCUT2D eigenvalue weighted by molar-refractivity contribution is -0.146. The van der Waals surface area contributed by atoms with Gasteiger partial charge in [0.2, 0.25) is 5.91 Å². The molecule has 3 atom stereocenters. The molecule has 7 nitrogen and oxygen atoms in total. The Balaban J connectivity index is 1.14. The Bertz CT molecular complexity index is 1050. The molecule has 2 aromatic carbocycles. The van der Waals surface area contributed by atoms with Crippen LogP contribution in [-0.4, -0.2) is 53.7 Å². The topological polar surface area (TPSA) is 95.9 Å². The molecule has 0 aromatic heterocycles. The molecule has 0 bridgehead atoms. The number of fused-ring (bicyclic) bond motifs is 3. The van der Waals surface area contributed by atoms with Crippen molar-refractivity contribution in [1.82, 2.24) is 10.2 Å². The number of aliphatic carboxylic acids is 1. The molecule has 5 rings (SSSR count). The number of benzene rings is 2. The number of nitrogens with one attached hydrogen (secondary N) is 1. The standard InChI is InChI=1S/C27H30N2O5/c30-25(29-13-5-6-18(15-29)26(31)32)17-11-12-19(14-17)28-27(33)34-16-24-22-9-3-1-7-20(22)21-8-2-4-10-23(21)24/h1-4,7-10,17-19,24H,5-6,11-16H2,(H,28,33)(H,31,32)/t17?,18-,19?/m1/s1. The molecule has 2 N–H and O–H groups in total. The molecule has 2 aromatic rings. The van der Waals surface area contributed by atoms with E-state index in [0.717, 1.165) is 12.8 Å². The number of piperidine rings is 1. The second-order valence-electron chi connectivity index (χ2n) is 9.64. The summed E-state index contributed by atoms with van der Waals surface area (Å²) in [5, 5.41) is 12.2. The van der Waals surface area contributed by atoms with Gasteiger partial charge in [0.1, 0.15) is 6.61 Å². The largest absolute Gasteiger partial charge is 0.481 e. The van der Waals surface area contributed by atoms with Crippen molar-refractivity contribution < 1.29 is 24.2 Å². The Labute approximate surface area is 199 Å². The Hall–Kier alpha value is -3.35. The van der Waals surface area contributed by atoms with Crippen LogP contribution in [0.2, 0.25) is 0 Å². The van der Waals surface area contributed by atoms with Gasteiger partial charge in [-0.3, -0.25) is 9.59 Å². The first kappa shape index (κ1) is 22.4. The fourth-order valence-corrected chi connectivity index (χ4v) is 5.78. The summed E-state index contributed by atoms with van der Waals surface area (Å²) in [6.07, 6.45) is 2.87. The van der Waals surface area contributed by atoms with Crippen LogP contribution in [0.4, 0.5) is 4.79 Å². The molecule has 2 amide bonds. The number of hydrogen-bond donors (Lipinski definition) is 2. The summed E-state index contributed by atoms with van der Waals surface area (Å²) in [4.78, 5) is 38.5. The van der Waals surface area contributed by atoms with Crippen molar-refractivity contribution in [2.45, 2.75) is 44.1 Å². The van der Waals surface area contributed by atoms with Gasteiger partial charge in [-0.05, 0) is 54.4 Å². The highest BCUT2D eigenvalue weighted by molar-refractivity contribution is 5.81. The van der Waals surface area contributed by atoms with Crippen LogP contribution in [0, 0.1) is 11.8 Å². The minimum Gasteiger partial charge on any atom is -0.481 e. The third kappa shape index (κ3) is 4.39. The highest BCUT2D eigenvalue weighted by Gasteiger charge is 2.36. The van der Waals surface area contributed by atoms with E-state index in [2.05, 4.69) is 29.6 Å². The molecule has 2 fully saturated rings. The zero-order chi connectivity index (χ0) is 23.7. The van der Waals surface area contributed by atoms with Crippen LogP contribution in [0.1, 0.15) is 49.1 Å². The van der Waals surface area contributed by atoms with E-state index in [9.17, 15) is 19.5 Å². The highest BCUT2D eigenvalue weighted by atomic mass is 16.5. The minimum atomic E-state index is -0.835. The zero-order valence-corrected chi connectivity index (χ0v) is 19.1. The number of carboxylic acid groups (broad SMARTS) is 1. The van der Waals surface area contributed by atoms with Crippen LogP contribution in [0.5, 0.6) is 0 Å². The van der Waals surface area contributed by atoms with Gasteiger partial charge in [-0.25, -0.2) is 4.79 Å². The number of amides is 2. The lowest BCUT2D eigenvalue weighted by atomic mass is 9.96. The fraction of sp³-hybridized carbons (Fsp3) is 0.444. The second-order valence-corrected chi connectivity index (χ2v) is 9.64. The Morgan fingerprint density at radius 1 is 0.941 bits per heavy atom. The van der Waals surface area contributed by atoms with Gasteiger partial charge in [0.25, 0.3) is 0 Å². The maximum absolute atomic E-state index is 12.9. The summed E-state index contributed by atoms with van der Waals surface area (Å²) >= 11 is 0. The number of nitrogens with zero attached hydrogens (tertiary/aromatic N) is 1. The molecule has 2 unspecified atom stereocenters. The van der Waals surface area contributed by atoms with Crippen molar-refractivity contribution in [1.29, 1.82) is 0 Å². The van der Waals surface area contributed by atoms with E-state index < -0.39 is 18.0 Å². The predicted octanol–water partition coefficient (Wildman–Crippen LogP) is 4.02. The van der Waals surface area contributed by atoms with Crippen LogP contribution in [0.25, 0.3) is 11.1 Å². The number of hydrogen-bond acceptors (Lipinski definition) is 4. The van der Waals surface area contributed by atoms with E-state index >= 15 is 0 Å². The van der Waals surface area contributed by atoms with Crippen molar-refractivity contribution in [3.63, 3.8) is 0 Å². The predicted molar refractivity (Wildman–Crippen MR) is 126 cm³/mol. The first-order valence-corrected chi connectivity index (χ1v) is 12.1. The molecule has 3 aliphatic rings. The van der Waals surface area contributed by atoms with Crippen molar-refractivity contribution >= 4 is 18.0 Å². The van der Waals surface area contributed by atoms with Crippen LogP contribution in [0.3, 0.4) is 0 Å². The molecule has 0 spiro atoms. The quantitative estimate of drug-likeness (QED) is 0.700. The van der Waals surface area contributed by atoms with Gasteiger partial charge < -0.3 is 20.1 Å². The molecule has 2 aliphatic carbocycles. The number of likely N-dealkylation sites (tertiary alicyclic amines) is 1. The Morgan fingerprint density at radius 3 is 2.29 bits per heavy atom. The van der Waals surface area contributed by atoms with E-state index in [1.807, 2.05) is 24.3 Å². The van der Waals surface area contributed by atoms with E-state index in [-0.39, 0.29) is 36.9 Å². The van der Waals surface area contributed by atoms with E-state index in [1.165, 1.54) is 22.3 Å². The SMILES string of the molecule is O=C(NC1CCC(C(=O)N2CCC[C@@H](C(=O)O)C2)C1)OCC1c2ccccc2-c2ccccc21.